The summed E-state index contributed by atoms with van der Waals surface area (Å²) < 4.78 is 62.3. The number of sulfonamides is 1. The second kappa shape index (κ2) is 14.3. The lowest BCUT2D eigenvalue weighted by Crippen LogP contribution is -2.58. The number of carbonyl (C=O) groups excluding carboxylic acids is 4. The van der Waals surface area contributed by atoms with Crippen LogP contribution < -0.4 is 20.1 Å². The molecule has 1 aromatic heterocycles. The Bertz CT molecular complexity index is 2160. The maximum atomic E-state index is 14.6. The summed E-state index contributed by atoms with van der Waals surface area (Å²) in [6, 6.07) is 6.99. The maximum Gasteiger partial charge on any atom is 0.259 e. The minimum Gasteiger partial charge on any atom is -0.471 e. The van der Waals surface area contributed by atoms with Gasteiger partial charge in [0.2, 0.25) is 27.7 Å². The molecule has 2 aliphatic carbocycles. The highest BCUT2D eigenvalue weighted by molar-refractivity contribution is 7.91. The van der Waals surface area contributed by atoms with E-state index in [0.717, 1.165) is 12.5 Å². The van der Waals surface area contributed by atoms with Crippen LogP contribution in [0.15, 0.2) is 54.6 Å². The number of aryl methyl sites for hydroxylation is 1. The molecule has 0 unspecified atom stereocenters. The predicted molar refractivity (Wildman–Crippen MR) is 192 cm³/mol. The zero-order chi connectivity index (χ0) is 38.4. The fourth-order valence-corrected chi connectivity index (χ4v) is 8.51. The number of nitrogens with zero attached hydrogens (tertiary/aromatic N) is 3. The zero-order valence-corrected chi connectivity index (χ0v) is 30.8. The third kappa shape index (κ3) is 7.39. The Labute approximate surface area is 311 Å². The lowest BCUT2D eigenvalue weighted by atomic mass is 10.0. The van der Waals surface area contributed by atoms with Crippen LogP contribution in [0.3, 0.4) is 0 Å². The van der Waals surface area contributed by atoms with Crippen molar-refractivity contribution in [2.75, 3.05) is 6.54 Å². The van der Waals surface area contributed by atoms with Gasteiger partial charge in [-0.25, -0.2) is 27.2 Å². The molecule has 5 atom stereocenters. The topological polar surface area (TPSA) is 177 Å². The monoisotopic (exact) mass is 764 g/mol. The highest BCUT2D eigenvalue weighted by Gasteiger charge is 2.63. The van der Waals surface area contributed by atoms with Crippen LogP contribution in [-0.2, 0) is 24.4 Å². The lowest BCUT2D eigenvalue weighted by molar-refractivity contribution is -0.141. The average molecular weight is 765 g/mol. The summed E-state index contributed by atoms with van der Waals surface area (Å²) in [5.74, 6) is -4.67. The molecule has 3 fully saturated rings. The number of fused-ring (bicyclic) bond motifs is 3. The van der Waals surface area contributed by atoms with E-state index in [4.69, 9.17) is 4.74 Å². The summed E-state index contributed by atoms with van der Waals surface area (Å²) in [6.07, 6.45) is 6.55. The maximum absolute atomic E-state index is 14.6. The van der Waals surface area contributed by atoms with Gasteiger partial charge >= 0.3 is 0 Å². The number of allylic oxidation sites excluding steroid dienone is 1. The molecule has 54 heavy (non-hydrogen) atoms. The van der Waals surface area contributed by atoms with Crippen molar-refractivity contribution < 1.29 is 41.1 Å². The summed E-state index contributed by atoms with van der Waals surface area (Å²) in [6.45, 7) is 3.08. The van der Waals surface area contributed by atoms with Gasteiger partial charge in [-0.15, -0.1) is 0 Å². The van der Waals surface area contributed by atoms with Gasteiger partial charge in [0.1, 0.15) is 41.1 Å². The Kier molecular flexibility index (Phi) is 9.91. The molecule has 286 valence electrons. The molecule has 0 radical (unpaired) electrons. The molecule has 16 heteroatoms. The van der Waals surface area contributed by atoms with E-state index in [2.05, 4.69) is 25.3 Å². The number of carbonyl (C=O) groups is 4. The Balaban J connectivity index is 1.20. The summed E-state index contributed by atoms with van der Waals surface area (Å²) in [4.78, 5) is 66.1. The molecule has 4 amide bonds. The van der Waals surface area contributed by atoms with Gasteiger partial charge in [0.15, 0.2) is 0 Å². The number of benzene rings is 2. The zero-order valence-electron chi connectivity index (χ0n) is 29.9. The number of hydrogen-bond acceptors (Lipinski definition) is 9. The molecular weight excluding hydrogens is 723 g/mol. The highest BCUT2D eigenvalue weighted by Crippen LogP contribution is 2.47. The number of rotatable bonds is 7. The van der Waals surface area contributed by atoms with E-state index in [9.17, 15) is 36.4 Å². The van der Waals surface area contributed by atoms with Crippen molar-refractivity contribution in [3.8, 4) is 5.88 Å². The van der Waals surface area contributed by atoms with Crippen LogP contribution in [-0.4, -0.2) is 81.9 Å². The van der Waals surface area contributed by atoms with Crippen LogP contribution in [0.5, 0.6) is 5.88 Å². The van der Waals surface area contributed by atoms with Crippen molar-refractivity contribution in [2.24, 2.45) is 5.92 Å². The van der Waals surface area contributed by atoms with E-state index in [0.29, 0.717) is 43.3 Å². The minimum absolute atomic E-state index is 0.0670. The molecule has 13 nitrogen and oxygen atoms in total. The molecule has 7 rings (SSSR count). The molecule has 3 heterocycles. The van der Waals surface area contributed by atoms with Gasteiger partial charge in [0.25, 0.3) is 11.8 Å². The van der Waals surface area contributed by atoms with Gasteiger partial charge in [-0.05, 0) is 76.6 Å². The SMILES string of the molecule is Cc1nc2ccc(F)cc2nc1O[C@@H]1C[C@H]2C(=O)N[C@]3(C(=O)NS(=O)(=O)C4(C)CC4)C[C@H]3C=CCCCCC[C@H](NC(=O)c3ccccc3F)C(=O)N2C1. The van der Waals surface area contributed by atoms with Gasteiger partial charge in [0, 0.05) is 18.4 Å². The number of aromatic nitrogens is 2. The molecule has 1 saturated heterocycles. The largest absolute Gasteiger partial charge is 0.471 e. The van der Waals surface area contributed by atoms with Crippen molar-refractivity contribution in [3.63, 3.8) is 0 Å². The summed E-state index contributed by atoms with van der Waals surface area (Å²) in [5.41, 5.74) is -0.754. The molecule has 3 aromatic rings. The van der Waals surface area contributed by atoms with Crippen molar-refractivity contribution in [2.45, 2.75) is 100 Å². The van der Waals surface area contributed by atoms with Crippen LogP contribution in [0.2, 0.25) is 0 Å². The van der Waals surface area contributed by atoms with Gasteiger partial charge in [0.05, 0.1) is 27.9 Å². The molecule has 2 aliphatic heterocycles. The number of hydrogen-bond donors (Lipinski definition) is 3. The Morgan fingerprint density at radius 2 is 1.81 bits per heavy atom. The predicted octanol–water partition coefficient (Wildman–Crippen LogP) is 3.76. The Hall–Kier alpha value is -4.99. The van der Waals surface area contributed by atoms with E-state index in [1.165, 1.54) is 41.3 Å². The molecule has 0 spiro atoms. The standard InChI is InChI=1S/C38H42F2N6O7S/c1-22-34(43-30-18-24(39)14-15-28(30)41-22)53-25-19-31-33(48)44-38(36(50)45-54(51,52)37(2)16-17-37)20-23(38)10-6-4-3-5-7-13-29(35(49)46(31)21-25)42-32(47)26-11-8-9-12-27(26)40/h6,8-12,14-15,18,23,25,29,31H,3-5,7,13,16-17,19-21H2,1-2H3,(H,42,47)(H,44,48)(H,45,50)/t23-,25-,29+,31+,38-/m1/s1. The Morgan fingerprint density at radius 1 is 1.04 bits per heavy atom. The number of halogens is 2. The van der Waals surface area contributed by atoms with Crippen LogP contribution in [0.4, 0.5) is 8.78 Å². The summed E-state index contributed by atoms with van der Waals surface area (Å²) >= 11 is 0. The quantitative estimate of drug-likeness (QED) is 0.303. The van der Waals surface area contributed by atoms with E-state index in [-0.39, 0.29) is 42.8 Å². The van der Waals surface area contributed by atoms with Crippen molar-refractivity contribution in [3.05, 3.63) is 77.5 Å². The summed E-state index contributed by atoms with van der Waals surface area (Å²) in [5, 5.41) is 5.50. The number of ether oxygens (including phenoxy) is 1. The smallest absolute Gasteiger partial charge is 0.259 e. The minimum atomic E-state index is -4.03. The summed E-state index contributed by atoms with van der Waals surface area (Å²) in [7, 11) is -4.03. The van der Waals surface area contributed by atoms with E-state index in [1.54, 1.807) is 13.8 Å². The van der Waals surface area contributed by atoms with Crippen LogP contribution in [0, 0.1) is 24.5 Å². The molecule has 0 bridgehead atoms. The number of amides is 4. The Morgan fingerprint density at radius 3 is 2.57 bits per heavy atom. The van der Waals surface area contributed by atoms with Crippen molar-refractivity contribution >= 4 is 44.7 Å². The van der Waals surface area contributed by atoms with Gasteiger partial charge in [-0.3, -0.25) is 23.9 Å². The third-order valence-corrected chi connectivity index (χ3v) is 13.1. The normalized spacial score (nSPS) is 26.8. The molecule has 2 saturated carbocycles. The van der Waals surface area contributed by atoms with Gasteiger partial charge in [-0.1, -0.05) is 37.1 Å². The second-order valence-electron chi connectivity index (χ2n) is 15.0. The highest BCUT2D eigenvalue weighted by atomic mass is 32.2. The fraction of sp³-hybridized carbons (Fsp3) is 0.474. The van der Waals surface area contributed by atoms with Crippen molar-refractivity contribution in [1.29, 1.82) is 0 Å². The fourth-order valence-electron chi connectivity index (χ4n) is 7.20. The first kappa shape index (κ1) is 37.3. The second-order valence-corrected chi connectivity index (χ2v) is 17.2. The first-order valence-electron chi connectivity index (χ1n) is 18.2. The average Bonchev–Trinajstić information content (AvgIpc) is 4.01. The van der Waals surface area contributed by atoms with E-state index >= 15 is 0 Å². The van der Waals surface area contributed by atoms with Crippen LogP contribution in [0.25, 0.3) is 11.0 Å². The van der Waals surface area contributed by atoms with Gasteiger partial charge < -0.3 is 20.3 Å². The lowest BCUT2D eigenvalue weighted by Gasteiger charge is -2.30. The van der Waals surface area contributed by atoms with Crippen LogP contribution in [0.1, 0.15) is 80.8 Å². The van der Waals surface area contributed by atoms with Gasteiger partial charge in [-0.2, -0.15) is 0 Å². The third-order valence-electron chi connectivity index (χ3n) is 10.9. The van der Waals surface area contributed by atoms with E-state index < -0.39 is 79.7 Å². The van der Waals surface area contributed by atoms with E-state index in [1.807, 2.05) is 12.2 Å². The first-order valence-corrected chi connectivity index (χ1v) is 19.7. The van der Waals surface area contributed by atoms with Crippen LogP contribution >= 0.6 is 0 Å². The molecular formula is C38H42F2N6O7S. The van der Waals surface area contributed by atoms with Crippen molar-refractivity contribution in [1.82, 2.24) is 30.2 Å². The first-order chi connectivity index (χ1) is 25.7. The number of nitrogens with one attached hydrogen (secondary N) is 3. The molecule has 4 aliphatic rings. The molecule has 2 aromatic carbocycles. The molecule has 3 N–H and O–H groups in total.